The molecule has 0 heterocycles. The first-order chi connectivity index (χ1) is 8.01. The molecule has 0 radical (unpaired) electrons. The van der Waals surface area contributed by atoms with Crippen LogP contribution in [0.15, 0.2) is 18.2 Å². The van der Waals surface area contributed by atoms with Crippen molar-refractivity contribution < 1.29 is 9.90 Å². The average molecular weight is 235 g/mol. The van der Waals surface area contributed by atoms with E-state index >= 15 is 0 Å². The maximum Gasteiger partial charge on any atom is 0.321 e. The van der Waals surface area contributed by atoms with Crippen molar-refractivity contribution in [2.75, 3.05) is 0 Å². The largest absolute Gasteiger partial charge is 0.480 e. The number of hydrogen-bond acceptors (Lipinski definition) is 2. The van der Waals surface area contributed by atoms with Gasteiger partial charge in [0.1, 0.15) is 6.04 Å². The number of aliphatic carboxylic acids is 1. The van der Waals surface area contributed by atoms with Gasteiger partial charge in [0.2, 0.25) is 0 Å². The van der Waals surface area contributed by atoms with E-state index in [4.69, 9.17) is 10.8 Å². The minimum Gasteiger partial charge on any atom is -0.480 e. The van der Waals surface area contributed by atoms with Crippen molar-refractivity contribution in [3.63, 3.8) is 0 Å². The van der Waals surface area contributed by atoms with Crippen LogP contribution in [0.5, 0.6) is 0 Å². The predicted octanol–water partition coefficient (Wildman–Crippen LogP) is 2.33. The highest BCUT2D eigenvalue weighted by Gasteiger charge is 2.21. The third kappa shape index (κ3) is 3.07. The second kappa shape index (κ2) is 5.82. The Morgan fingerprint density at radius 2 is 1.88 bits per heavy atom. The first-order valence-corrected chi connectivity index (χ1v) is 6.11. The standard InChI is InChI=1S/C14H21NO2/c1-4-10-6-7-12(8-11(10)5-2)9(3)13(15)14(16)17/h6-9,13H,4-5,15H2,1-3H3,(H,16,17). The molecule has 0 aliphatic rings. The lowest BCUT2D eigenvalue weighted by Crippen LogP contribution is -2.35. The molecule has 0 saturated heterocycles. The second-order valence-electron chi connectivity index (χ2n) is 4.39. The molecule has 0 saturated carbocycles. The fraction of sp³-hybridized carbons (Fsp3) is 0.500. The minimum atomic E-state index is -0.949. The van der Waals surface area contributed by atoms with Crippen molar-refractivity contribution in [3.05, 3.63) is 34.9 Å². The summed E-state index contributed by atoms with van der Waals surface area (Å²) in [5.41, 5.74) is 9.28. The van der Waals surface area contributed by atoms with E-state index in [-0.39, 0.29) is 5.92 Å². The van der Waals surface area contributed by atoms with Crippen LogP contribution in [0.25, 0.3) is 0 Å². The predicted molar refractivity (Wildman–Crippen MR) is 69.2 cm³/mol. The molecule has 2 atom stereocenters. The SMILES string of the molecule is CCc1ccc(C(C)C(N)C(=O)O)cc1CC. The lowest BCUT2D eigenvalue weighted by atomic mass is 9.90. The van der Waals surface area contributed by atoms with Gasteiger partial charge >= 0.3 is 5.97 Å². The third-order valence-corrected chi connectivity index (χ3v) is 3.34. The highest BCUT2D eigenvalue weighted by atomic mass is 16.4. The smallest absolute Gasteiger partial charge is 0.321 e. The quantitative estimate of drug-likeness (QED) is 0.823. The van der Waals surface area contributed by atoms with Crippen LogP contribution in [0, 0.1) is 0 Å². The van der Waals surface area contributed by atoms with Crippen molar-refractivity contribution >= 4 is 5.97 Å². The van der Waals surface area contributed by atoms with E-state index in [0.717, 1.165) is 18.4 Å². The van der Waals surface area contributed by atoms with Gasteiger partial charge in [-0.3, -0.25) is 4.79 Å². The number of rotatable bonds is 5. The maximum absolute atomic E-state index is 10.9. The Morgan fingerprint density at radius 1 is 1.29 bits per heavy atom. The second-order valence-corrected chi connectivity index (χ2v) is 4.39. The van der Waals surface area contributed by atoms with Crippen molar-refractivity contribution in [2.45, 2.75) is 45.6 Å². The molecule has 1 rings (SSSR count). The maximum atomic E-state index is 10.9. The lowest BCUT2D eigenvalue weighted by Gasteiger charge is -2.18. The molecule has 1 aromatic carbocycles. The van der Waals surface area contributed by atoms with Crippen LogP contribution >= 0.6 is 0 Å². The summed E-state index contributed by atoms with van der Waals surface area (Å²) in [5.74, 6) is -1.11. The number of aryl methyl sites for hydroxylation is 2. The van der Waals surface area contributed by atoms with E-state index in [1.54, 1.807) is 0 Å². The molecule has 3 N–H and O–H groups in total. The summed E-state index contributed by atoms with van der Waals surface area (Å²) in [4.78, 5) is 10.9. The Kier molecular flexibility index (Phi) is 4.70. The van der Waals surface area contributed by atoms with E-state index in [1.807, 2.05) is 13.0 Å². The summed E-state index contributed by atoms with van der Waals surface area (Å²) in [6, 6.07) is 5.32. The molecule has 17 heavy (non-hydrogen) atoms. The van der Waals surface area contributed by atoms with Gasteiger partial charge in [0.25, 0.3) is 0 Å². The van der Waals surface area contributed by atoms with E-state index in [0.29, 0.717) is 0 Å². The Bertz CT molecular complexity index is 401. The van der Waals surface area contributed by atoms with Gasteiger partial charge in [-0.2, -0.15) is 0 Å². The number of carboxylic acids is 1. The molecule has 3 nitrogen and oxygen atoms in total. The summed E-state index contributed by atoms with van der Waals surface area (Å²) >= 11 is 0. The number of carboxylic acid groups (broad SMARTS) is 1. The number of nitrogens with two attached hydrogens (primary N) is 1. The van der Waals surface area contributed by atoms with E-state index < -0.39 is 12.0 Å². The van der Waals surface area contributed by atoms with Crippen molar-refractivity contribution in [1.82, 2.24) is 0 Å². The molecule has 1 aromatic rings. The van der Waals surface area contributed by atoms with Gasteiger partial charge in [0.05, 0.1) is 0 Å². The van der Waals surface area contributed by atoms with Crippen LogP contribution < -0.4 is 5.73 Å². The molecule has 2 unspecified atom stereocenters. The molecule has 0 fully saturated rings. The molecular weight excluding hydrogens is 214 g/mol. The molecule has 0 aliphatic heterocycles. The monoisotopic (exact) mass is 235 g/mol. The van der Waals surface area contributed by atoms with Gasteiger partial charge < -0.3 is 10.8 Å². The van der Waals surface area contributed by atoms with E-state index in [2.05, 4.69) is 26.0 Å². The zero-order valence-electron chi connectivity index (χ0n) is 10.7. The van der Waals surface area contributed by atoms with Crippen LogP contribution in [0.4, 0.5) is 0 Å². The van der Waals surface area contributed by atoms with Gasteiger partial charge in [0.15, 0.2) is 0 Å². The summed E-state index contributed by atoms with van der Waals surface area (Å²) in [5, 5.41) is 8.92. The lowest BCUT2D eigenvalue weighted by molar-refractivity contribution is -0.139. The summed E-state index contributed by atoms with van der Waals surface area (Å²) in [7, 11) is 0. The van der Waals surface area contributed by atoms with Crippen LogP contribution in [0.1, 0.15) is 43.4 Å². The van der Waals surface area contributed by atoms with Gasteiger partial charge in [-0.05, 0) is 29.5 Å². The Morgan fingerprint density at radius 3 is 2.35 bits per heavy atom. The van der Waals surface area contributed by atoms with Crippen LogP contribution in [-0.4, -0.2) is 17.1 Å². The highest BCUT2D eigenvalue weighted by molar-refractivity contribution is 5.74. The minimum absolute atomic E-state index is 0.163. The molecular formula is C14H21NO2. The third-order valence-electron chi connectivity index (χ3n) is 3.34. The molecule has 0 bridgehead atoms. The van der Waals surface area contributed by atoms with Crippen LogP contribution in [-0.2, 0) is 17.6 Å². The molecule has 94 valence electrons. The molecule has 0 aliphatic carbocycles. The van der Waals surface area contributed by atoms with Crippen molar-refractivity contribution in [1.29, 1.82) is 0 Å². The molecule has 3 heteroatoms. The molecule has 0 aromatic heterocycles. The fourth-order valence-electron chi connectivity index (χ4n) is 2.02. The Balaban J connectivity index is 3.03. The average Bonchev–Trinajstić information content (AvgIpc) is 2.35. The zero-order chi connectivity index (χ0) is 13.0. The number of benzene rings is 1. The van der Waals surface area contributed by atoms with Crippen LogP contribution in [0.3, 0.4) is 0 Å². The first-order valence-electron chi connectivity index (χ1n) is 6.11. The zero-order valence-corrected chi connectivity index (χ0v) is 10.7. The fourth-order valence-corrected chi connectivity index (χ4v) is 2.02. The van der Waals surface area contributed by atoms with Gasteiger partial charge in [-0.15, -0.1) is 0 Å². The summed E-state index contributed by atoms with van der Waals surface area (Å²) in [6.45, 7) is 6.10. The van der Waals surface area contributed by atoms with Gasteiger partial charge in [-0.1, -0.05) is 39.0 Å². The van der Waals surface area contributed by atoms with Crippen molar-refractivity contribution in [2.24, 2.45) is 5.73 Å². The van der Waals surface area contributed by atoms with Gasteiger partial charge in [0, 0.05) is 5.92 Å². The van der Waals surface area contributed by atoms with Crippen molar-refractivity contribution in [3.8, 4) is 0 Å². The Labute approximate surface area is 103 Å². The van der Waals surface area contributed by atoms with Gasteiger partial charge in [-0.25, -0.2) is 0 Å². The highest BCUT2D eigenvalue weighted by Crippen LogP contribution is 2.22. The molecule has 0 spiro atoms. The number of hydrogen-bond donors (Lipinski definition) is 2. The molecule has 0 amide bonds. The topological polar surface area (TPSA) is 63.3 Å². The normalized spacial score (nSPS) is 14.4. The Hall–Kier alpha value is -1.35. The number of carbonyl (C=O) groups is 1. The summed E-state index contributed by atoms with van der Waals surface area (Å²) < 4.78 is 0. The van der Waals surface area contributed by atoms with E-state index in [9.17, 15) is 4.79 Å². The van der Waals surface area contributed by atoms with E-state index in [1.165, 1.54) is 11.1 Å². The summed E-state index contributed by atoms with van der Waals surface area (Å²) in [6.07, 6.45) is 1.97. The first kappa shape index (κ1) is 13.7. The van der Waals surface area contributed by atoms with Crippen LogP contribution in [0.2, 0.25) is 0 Å².